The molecule has 0 spiro atoms. The Labute approximate surface area is 131 Å². The van der Waals surface area contributed by atoms with E-state index in [-0.39, 0.29) is 17.8 Å². The first-order valence-corrected chi connectivity index (χ1v) is 7.51. The zero-order valence-corrected chi connectivity index (χ0v) is 13.4. The average Bonchev–Trinajstić information content (AvgIpc) is 2.44. The lowest BCUT2D eigenvalue weighted by atomic mass is 9.97. The lowest BCUT2D eigenvalue weighted by molar-refractivity contribution is -0.146. The number of carbonyl (C=O) groups excluding carboxylic acids is 2. The highest BCUT2D eigenvalue weighted by Gasteiger charge is 2.29. The smallest absolute Gasteiger partial charge is 0.310 e. The molecule has 0 aliphatic carbocycles. The van der Waals surface area contributed by atoms with Crippen molar-refractivity contribution in [2.24, 2.45) is 5.92 Å². The van der Waals surface area contributed by atoms with Crippen molar-refractivity contribution in [2.75, 3.05) is 20.2 Å². The van der Waals surface area contributed by atoms with Crippen molar-refractivity contribution < 1.29 is 14.3 Å². The van der Waals surface area contributed by atoms with E-state index in [4.69, 9.17) is 16.3 Å². The highest BCUT2D eigenvalue weighted by Crippen LogP contribution is 2.23. The lowest BCUT2D eigenvalue weighted by Crippen LogP contribution is -2.42. The van der Waals surface area contributed by atoms with E-state index in [1.54, 1.807) is 23.1 Å². The first-order valence-electron chi connectivity index (χ1n) is 6.34. The van der Waals surface area contributed by atoms with Crippen molar-refractivity contribution >= 4 is 39.4 Å². The van der Waals surface area contributed by atoms with Gasteiger partial charge in [-0.2, -0.15) is 0 Å². The Morgan fingerprint density at radius 1 is 1.40 bits per heavy atom. The minimum atomic E-state index is -0.255. The molecule has 0 bridgehead atoms. The third kappa shape index (κ3) is 3.52. The molecule has 1 heterocycles. The van der Waals surface area contributed by atoms with E-state index in [0.717, 1.165) is 17.3 Å². The summed E-state index contributed by atoms with van der Waals surface area (Å²) in [5, 5.41) is 0.504. The average molecular weight is 361 g/mol. The summed E-state index contributed by atoms with van der Waals surface area (Å²) in [6, 6.07) is 5.10. The van der Waals surface area contributed by atoms with E-state index in [2.05, 4.69) is 15.9 Å². The van der Waals surface area contributed by atoms with Gasteiger partial charge in [0, 0.05) is 28.1 Å². The Hall–Kier alpha value is -1.07. The molecule has 2 rings (SSSR count). The molecule has 0 saturated carbocycles. The van der Waals surface area contributed by atoms with Crippen LogP contribution in [-0.4, -0.2) is 37.0 Å². The first kappa shape index (κ1) is 15.3. The maximum atomic E-state index is 12.5. The highest BCUT2D eigenvalue weighted by atomic mass is 79.9. The normalized spacial score (nSPS) is 18.8. The van der Waals surface area contributed by atoms with Crippen LogP contribution in [0.5, 0.6) is 0 Å². The zero-order chi connectivity index (χ0) is 14.7. The van der Waals surface area contributed by atoms with Crippen LogP contribution in [0.1, 0.15) is 23.2 Å². The van der Waals surface area contributed by atoms with Gasteiger partial charge in [0.15, 0.2) is 0 Å². The van der Waals surface area contributed by atoms with Crippen LogP contribution in [0, 0.1) is 5.92 Å². The minimum absolute atomic E-state index is 0.109. The number of piperidine rings is 1. The number of hydrogen-bond acceptors (Lipinski definition) is 3. The van der Waals surface area contributed by atoms with Gasteiger partial charge in [0.1, 0.15) is 0 Å². The van der Waals surface area contributed by atoms with Crippen LogP contribution in [0.3, 0.4) is 0 Å². The number of ether oxygens (including phenoxy) is 1. The molecule has 1 aromatic rings. The highest BCUT2D eigenvalue weighted by molar-refractivity contribution is 9.10. The number of nitrogens with zero attached hydrogens (tertiary/aromatic N) is 1. The standard InChI is InChI=1S/C14H15BrClNO3/c1-20-14(19)9-3-2-4-17(8-9)13(18)10-5-11(15)7-12(16)6-10/h5-7,9H,2-4,8H2,1H3. The fourth-order valence-corrected chi connectivity index (χ4v) is 3.24. The summed E-state index contributed by atoms with van der Waals surface area (Å²) in [7, 11) is 1.37. The zero-order valence-electron chi connectivity index (χ0n) is 11.1. The molecule has 1 fully saturated rings. The summed E-state index contributed by atoms with van der Waals surface area (Å²) in [5.41, 5.74) is 0.523. The Kier molecular flexibility index (Phi) is 5.05. The monoisotopic (exact) mass is 359 g/mol. The fraction of sp³-hybridized carbons (Fsp3) is 0.429. The Bertz CT molecular complexity index is 515. The third-order valence-corrected chi connectivity index (χ3v) is 4.03. The number of likely N-dealkylation sites (tertiary alicyclic amines) is 1. The molecule has 4 nitrogen and oxygen atoms in total. The molecular weight excluding hydrogens is 346 g/mol. The van der Waals surface area contributed by atoms with E-state index in [1.165, 1.54) is 7.11 Å². The summed E-state index contributed by atoms with van der Waals surface area (Å²) in [6.45, 7) is 1.05. The van der Waals surface area contributed by atoms with Crippen LogP contribution in [0.4, 0.5) is 0 Å². The maximum Gasteiger partial charge on any atom is 0.310 e. The second kappa shape index (κ2) is 6.59. The Morgan fingerprint density at radius 2 is 2.15 bits per heavy atom. The molecule has 1 aliphatic heterocycles. The van der Waals surface area contributed by atoms with Crippen molar-refractivity contribution in [3.8, 4) is 0 Å². The molecule has 1 aliphatic rings. The lowest BCUT2D eigenvalue weighted by Gasteiger charge is -2.31. The summed E-state index contributed by atoms with van der Waals surface area (Å²) in [6.07, 6.45) is 1.56. The van der Waals surface area contributed by atoms with Crippen LogP contribution in [0.2, 0.25) is 5.02 Å². The molecule has 0 aromatic heterocycles. The van der Waals surface area contributed by atoms with E-state index in [0.29, 0.717) is 23.7 Å². The van der Waals surface area contributed by atoms with Gasteiger partial charge in [-0.15, -0.1) is 0 Å². The van der Waals surface area contributed by atoms with Crippen LogP contribution in [0.15, 0.2) is 22.7 Å². The van der Waals surface area contributed by atoms with Gasteiger partial charge < -0.3 is 9.64 Å². The predicted octanol–water partition coefficient (Wildman–Crippen LogP) is 3.13. The van der Waals surface area contributed by atoms with Gasteiger partial charge in [-0.05, 0) is 31.0 Å². The van der Waals surface area contributed by atoms with Gasteiger partial charge in [-0.25, -0.2) is 0 Å². The molecule has 0 N–H and O–H groups in total. The minimum Gasteiger partial charge on any atom is -0.469 e. The van der Waals surface area contributed by atoms with Gasteiger partial charge in [0.05, 0.1) is 13.0 Å². The van der Waals surface area contributed by atoms with Crippen LogP contribution >= 0.6 is 27.5 Å². The molecule has 1 aromatic carbocycles. The maximum absolute atomic E-state index is 12.5. The van der Waals surface area contributed by atoms with Crippen LogP contribution < -0.4 is 0 Å². The SMILES string of the molecule is COC(=O)C1CCCN(C(=O)c2cc(Cl)cc(Br)c2)C1. The summed E-state index contributed by atoms with van der Waals surface area (Å²) < 4.78 is 5.52. The predicted molar refractivity (Wildman–Crippen MR) is 79.8 cm³/mol. The van der Waals surface area contributed by atoms with E-state index in [9.17, 15) is 9.59 Å². The third-order valence-electron chi connectivity index (χ3n) is 3.35. The van der Waals surface area contributed by atoms with Crippen LogP contribution in [0.25, 0.3) is 0 Å². The van der Waals surface area contributed by atoms with Gasteiger partial charge in [0.25, 0.3) is 5.91 Å². The summed E-state index contributed by atoms with van der Waals surface area (Å²) >= 11 is 9.28. The number of carbonyl (C=O) groups is 2. The van der Waals surface area contributed by atoms with E-state index in [1.807, 2.05) is 0 Å². The number of methoxy groups -OCH3 is 1. The molecule has 108 valence electrons. The molecule has 0 radical (unpaired) electrons. The number of hydrogen-bond donors (Lipinski definition) is 0. The molecule has 1 atom stereocenters. The second-order valence-electron chi connectivity index (χ2n) is 4.77. The topological polar surface area (TPSA) is 46.6 Å². The van der Waals surface area contributed by atoms with Crippen molar-refractivity contribution in [1.29, 1.82) is 0 Å². The molecule has 1 amide bonds. The second-order valence-corrected chi connectivity index (χ2v) is 6.12. The Balaban J connectivity index is 2.14. The fourth-order valence-electron chi connectivity index (χ4n) is 2.38. The van der Waals surface area contributed by atoms with E-state index >= 15 is 0 Å². The van der Waals surface area contributed by atoms with E-state index < -0.39 is 0 Å². The summed E-state index contributed by atoms with van der Waals surface area (Å²) in [5.74, 6) is -0.600. The van der Waals surface area contributed by atoms with Crippen molar-refractivity contribution in [3.05, 3.63) is 33.3 Å². The number of rotatable bonds is 2. The molecule has 1 unspecified atom stereocenters. The molecule has 6 heteroatoms. The number of amides is 1. The molecular formula is C14H15BrClNO3. The van der Waals surface area contributed by atoms with Crippen molar-refractivity contribution in [3.63, 3.8) is 0 Å². The first-order chi connectivity index (χ1) is 9.51. The van der Waals surface area contributed by atoms with Gasteiger partial charge in [0.2, 0.25) is 0 Å². The quantitative estimate of drug-likeness (QED) is 0.761. The Morgan fingerprint density at radius 3 is 2.80 bits per heavy atom. The van der Waals surface area contributed by atoms with Crippen molar-refractivity contribution in [1.82, 2.24) is 4.90 Å². The number of esters is 1. The number of benzene rings is 1. The molecule has 20 heavy (non-hydrogen) atoms. The van der Waals surface area contributed by atoms with Crippen molar-refractivity contribution in [2.45, 2.75) is 12.8 Å². The van der Waals surface area contributed by atoms with Crippen LogP contribution in [-0.2, 0) is 9.53 Å². The summed E-state index contributed by atoms with van der Waals surface area (Å²) in [4.78, 5) is 25.7. The van der Waals surface area contributed by atoms with Gasteiger partial charge >= 0.3 is 5.97 Å². The van der Waals surface area contributed by atoms with Gasteiger partial charge in [-0.1, -0.05) is 27.5 Å². The molecule has 1 saturated heterocycles. The largest absolute Gasteiger partial charge is 0.469 e. The van der Waals surface area contributed by atoms with Gasteiger partial charge in [-0.3, -0.25) is 9.59 Å². The number of halogens is 2.